The molecule has 0 aliphatic heterocycles. The van der Waals surface area contributed by atoms with Crippen LogP contribution in [0.3, 0.4) is 0 Å². The molecule has 0 radical (unpaired) electrons. The van der Waals surface area contributed by atoms with Crippen molar-refractivity contribution in [2.24, 2.45) is 0 Å². The van der Waals surface area contributed by atoms with E-state index in [1.165, 1.54) is 0 Å². The van der Waals surface area contributed by atoms with Gasteiger partial charge in [-0.05, 0) is 41.3 Å². The molecule has 3 aromatic carbocycles. The molecule has 150 valence electrons. The van der Waals surface area contributed by atoms with Crippen LogP contribution in [-0.2, 0) is 11.2 Å². The summed E-state index contributed by atoms with van der Waals surface area (Å²) in [5, 5.41) is 2.94. The molecule has 0 bridgehead atoms. The van der Waals surface area contributed by atoms with Crippen LogP contribution < -0.4 is 19.5 Å². The van der Waals surface area contributed by atoms with E-state index in [-0.39, 0.29) is 5.91 Å². The molecule has 0 aromatic heterocycles. The fourth-order valence-corrected chi connectivity index (χ4v) is 3.21. The summed E-state index contributed by atoms with van der Waals surface area (Å²) in [6, 6.07) is 21.7. The molecule has 3 rings (SSSR count). The van der Waals surface area contributed by atoms with Gasteiger partial charge in [0.05, 0.1) is 21.3 Å². The number of amides is 1. The molecule has 0 saturated heterocycles. The number of anilines is 1. The van der Waals surface area contributed by atoms with Crippen molar-refractivity contribution in [2.45, 2.75) is 12.8 Å². The number of nitrogens with one attached hydrogen (secondary N) is 1. The average Bonchev–Trinajstić information content (AvgIpc) is 2.77. The Morgan fingerprint density at radius 3 is 2.03 bits per heavy atom. The first-order valence-electron chi connectivity index (χ1n) is 9.39. The number of ether oxygens (including phenoxy) is 3. The summed E-state index contributed by atoms with van der Waals surface area (Å²) in [4.78, 5) is 12.4. The maximum absolute atomic E-state index is 12.4. The Labute approximate surface area is 171 Å². The van der Waals surface area contributed by atoms with E-state index >= 15 is 0 Å². The highest BCUT2D eigenvalue weighted by Crippen LogP contribution is 2.40. The minimum absolute atomic E-state index is 0.0608. The van der Waals surface area contributed by atoms with Crippen molar-refractivity contribution in [1.82, 2.24) is 0 Å². The third-order valence-corrected chi connectivity index (χ3v) is 4.68. The number of benzene rings is 3. The number of carbonyl (C=O) groups is 1. The number of rotatable bonds is 8. The lowest BCUT2D eigenvalue weighted by Gasteiger charge is -2.15. The van der Waals surface area contributed by atoms with Crippen LogP contribution >= 0.6 is 0 Å². The third kappa shape index (κ3) is 4.88. The zero-order valence-electron chi connectivity index (χ0n) is 16.9. The predicted molar refractivity (Wildman–Crippen MR) is 115 cm³/mol. The molecule has 3 aromatic rings. The maximum Gasteiger partial charge on any atom is 0.224 e. The summed E-state index contributed by atoms with van der Waals surface area (Å²) in [6.07, 6.45) is 0.851. The summed E-state index contributed by atoms with van der Waals surface area (Å²) >= 11 is 0. The van der Waals surface area contributed by atoms with Gasteiger partial charge in [0.15, 0.2) is 11.5 Å². The Hall–Kier alpha value is -3.47. The fraction of sp³-hybridized carbons (Fsp3) is 0.208. The molecule has 0 heterocycles. The van der Waals surface area contributed by atoms with Gasteiger partial charge in [0.25, 0.3) is 0 Å². The van der Waals surface area contributed by atoms with E-state index in [0.29, 0.717) is 30.1 Å². The van der Waals surface area contributed by atoms with Crippen LogP contribution in [0.5, 0.6) is 17.2 Å². The number of hydrogen-bond donors (Lipinski definition) is 1. The second-order valence-electron chi connectivity index (χ2n) is 6.48. The Balaban J connectivity index is 1.63. The number of methoxy groups -OCH3 is 3. The predicted octanol–water partition coefficient (Wildman–Crippen LogP) is 4.95. The van der Waals surface area contributed by atoms with Gasteiger partial charge in [-0.15, -0.1) is 0 Å². The topological polar surface area (TPSA) is 56.8 Å². The van der Waals surface area contributed by atoms with Crippen molar-refractivity contribution < 1.29 is 19.0 Å². The van der Waals surface area contributed by atoms with Gasteiger partial charge in [0.1, 0.15) is 0 Å². The van der Waals surface area contributed by atoms with Gasteiger partial charge in [0, 0.05) is 12.1 Å². The summed E-state index contributed by atoms with van der Waals surface area (Å²) in [5.74, 6) is 1.65. The van der Waals surface area contributed by atoms with E-state index in [1.54, 1.807) is 21.3 Å². The van der Waals surface area contributed by atoms with E-state index in [1.807, 2.05) is 54.6 Å². The SMILES string of the molecule is COc1ccc(CCC(=O)Nc2ccc(-c3ccccc3)cc2)c(OC)c1OC. The first kappa shape index (κ1) is 20.3. The van der Waals surface area contributed by atoms with E-state index in [2.05, 4.69) is 17.4 Å². The highest BCUT2D eigenvalue weighted by molar-refractivity contribution is 5.91. The van der Waals surface area contributed by atoms with Gasteiger partial charge in [-0.1, -0.05) is 48.5 Å². The molecule has 0 unspecified atom stereocenters. The van der Waals surface area contributed by atoms with Gasteiger partial charge in [0.2, 0.25) is 11.7 Å². The Morgan fingerprint density at radius 1 is 0.759 bits per heavy atom. The van der Waals surface area contributed by atoms with E-state index < -0.39 is 0 Å². The Bertz CT molecular complexity index is 953. The van der Waals surface area contributed by atoms with Gasteiger partial charge in [-0.2, -0.15) is 0 Å². The van der Waals surface area contributed by atoms with E-state index in [0.717, 1.165) is 22.4 Å². The van der Waals surface area contributed by atoms with Crippen molar-refractivity contribution in [1.29, 1.82) is 0 Å². The standard InChI is InChI=1S/C24H25NO4/c1-27-21-15-11-19(23(28-2)24(21)29-3)12-16-22(26)25-20-13-9-18(10-14-20)17-7-5-4-6-8-17/h4-11,13-15H,12,16H2,1-3H3,(H,25,26). The summed E-state index contributed by atoms with van der Waals surface area (Å²) in [6.45, 7) is 0. The highest BCUT2D eigenvalue weighted by Gasteiger charge is 2.16. The normalized spacial score (nSPS) is 10.3. The molecular formula is C24H25NO4. The summed E-state index contributed by atoms with van der Waals surface area (Å²) < 4.78 is 16.2. The van der Waals surface area contributed by atoms with Crippen LogP contribution in [0.2, 0.25) is 0 Å². The minimum atomic E-state index is -0.0608. The molecule has 1 N–H and O–H groups in total. The maximum atomic E-state index is 12.4. The molecule has 0 fully saturated rings. The fourth-order valence-electron chi connectivity index (χ4n) is 3.21. The van der Waals surface area contributed by atoms with Crippen molar-refractivity contribution in [3.05, 3.63) is 72.3 Å². The second kappa shape index (κ2) is 9.64. The van der Waals surface area contributed by atoms with Crippen molar-refractivity contribution >= 4 is 11.6 Å². The third-order valence-electron chi connectivity index (χ3n) is 4.68. The van der Waals surface area contributed by atoms with Crippen LogP contribution in [-0.4, -0.2) is 27.2 Å². The van der Waals surface area contributed by atoms with Gasteiger partial charge < -0.3 is 19.5 Å². The molecule has 0 atom stereocenters. The molecule has 0 spiro atoms. The van der Waals surface area contributed by atoms with Gasteiger partial charge in [-0.25, -0.2) is 0 Å². The zero-order valence-corrected chi connectivity index (χ0v) is 16.9. The smallest absolute Gasteiger partial charge is 0.224 e. The van der Waals surface area contributed by atoms with Crippen LogP contribution in [0.15, 0.2) is 66.7 Å². The first-order chi connectivity index (χ1) is 14.2. The lowest BCUT2D eigenvalue weighted by atomic mass is 10.1. The molecule has 0 saturated carbocycles. The lowest BCUT2D eigenvalue weighted by Crippen LogP contribution is -2.12. The molecule has 29 heavy (non-hydrogen) atoms. The van der Waals surface area contributed by atoms with Crippen LogP contribution in [0.25, 0.3) is 11.1 Å². The number of hydrogen-bond acceptors (Lipinski definition) is 4. The van der Waals surface area contributed by atoms with Crippen LogP contribution in [0, 0.1) is 0 Å². The first-order valence-corrected chi connectivity index (χ1v) is 9.39. The van der Waals surface area contributed by atoms with Gasteiger partial charge >= 0.3 is 0 Å². The number of carbonyl (C=O) groups excluding carboxylic acids is 1. The molecule has 1 amide bonds. The second-order valence-corrected chi connectivity index (χ2v) is 6.48. The minimum Gasteiger partial charge on any atom is -0.493 e. The quantitative estimate of drug-likeness (QED) is 0.590. The summed E-state index contributed by atoms with van der Waals surface area (Å²) in [5.41, 5.74) is 3.92. The molecule has 5 nitrogen and oxygen atoms in total. The zero-order chi connectivity index (χ0) is 20.6. The molecule has 0 aliphatic rings. The number of aryl methyl sites for hydroxylation is 1. The highest BCUT2D eigenvalue weighted by atomic mass is 16.5. The molecule has 0 aliphatic carbocycles. The van der Waals surface area contributed by atoms with Crippen molar-refractivity contribution in [3.63, 3.8) is 0 Å². The Morgan fingerprint density at radius 2 is 1.41 bits per heavy atom. The van der Waals surface area contributed by atoms with Crippen molar-refractivity contribution in [3.8, 4) is 28.4 Å². The van der Waals surface area contributed by atoms with Crippen molar-refractivity contribution in [2.75, 3.05) is 26.6 Å². The van der Waals surface area contributed by atoms with Crippen LogP contribution in [0.4, 0.5) is 5.69 Å². The average molecular weight is 391 g/mol. The van der Waals surface area contributed by atoms with Crippen LogP contribution in [0.1, 0.15) is 12.0 Å². The lowest BCUT2D eigenvalue weighted by molar-refractivity contribution is -0.116. The van der Waals surface area contributed by atoms with E-state index in [9.17, 15) is 4.79 Å². The molecular weight excluding hydrogens is 366 g/mol. The molecule has 5 heteroatoms. The van der Waals surface area contributed by atoms with Gasteiger partial charge in [-0.3, -0.25) is 4.79 Å². The Kier molecular flexibility index (Phi) is 6.74. The van der Waals surface area contributed by atoms with E-state index in [4.69, 9.17) is 14.2 Å². The monoisotopic (exact) mass is 391 g/mol. The largest absolute Gasteiger partial charge is 0.493 e. The summed E-state index contributed by atoms with van der Waals surface area (Å²) in [7, 11) is 4.72.